The molecule has 5 rings (SSSR count). The summed E-state index contributed by atoms with van der Waals surface area (Å²) in [6.07, 6.45) is 2.76. The van der Waals surface area contributed by atoms with Gasteiger partial charge in [-0.25, -0.2) is 0 Å². The molecule has 31 heavy (non-hydrogen) atoms. The molecule has 0 fully saturated rings. The Bertz CT molecular complexity index is 1180. The van der Waals surface area contributed by atoms with Gasteiger partial charge in [-0.2, -0.15) is 0 Å². The highest BCUT2D eigenvalue weighted by Gasteiger charge is 2.42. The van der Waals surface area contributed by atoms with Gasteiger partial charge in [0.15, 0.2) is 0 Å². The van der Waals surface area contributed by atoms with Gasteiger partial charge in [-0.15, -0.1) is 0 Å². The van der Waals surface area contributed by atoms with Crippen LogP contribution in [0.15, 0.2) is 95.8 Å². The van der Waals surface area contributed by atoms with E-state index >= 15 is 0 Å². The molecule has 154 valence electrons. The molecule has 0 radical (unpaired) electrons. The first kappa shape index (κ1) is 19.7. The zero-order chi connectivity index (χ0) is 21.4. The first-order valence-corrected chi connectivity index (χ1v) is 10.8. The summed E-state index contributed by atoms with van der Waals surface area (Å²) in [6.45, 7) is 2.59. The van der Waals surface area contributed by atoms with Crippen LogP contribution in [0.2, 0.25) is 5.02 Å². The van der Waals surface area contributed by atoms with Gasteiger partial charge >= 0.3 is 0 Å². The predicted octanol–water partition coefficient (Wildman–Crippen LogP) is 6.49. The molecule has 0 saturated carbocycles. The van der Waals surface area contributed by atoms with E-state index in [2.05, 4.69) is 49.4 Å². The number of hydrogen-bond donors (Lipinski definition) is 0. The van der Waals surface area contributed by atoms with E-state index in [0.717, 1.165) is 33.7 Å². The Morgan fingerprint density at radius 2 is 1.68 bits per heavy atom. The fourth-order valence-electron chi connectivity index (χ4n) is 4.26. The molecule has 1 unspecified atom stereocenters. The number of amides is 1. The highest BCUT2D eigenvalue weighted by atomic mass is 35.5. The molecule has 1 atom stereocenters. The number of carbonyl (C=O) groups is 1. The lowest BCUT2D eigenvalue weighted by Gasteiger charge is -2.38. The third-order valence-electron chi connectivity index (χ3n) is 5.78. The van der Waals surface area contributed by atoms with Crippen molar-refractivity contribution in [3.05, 3.63) is 117 Å². The van der Waals surface area contributed by atoms with Gasteiger partial charge in [0.25, 0.3) is 5.91 Å². The van der Waals surface area contributed by atoms with Crippen molar-refractivity contribution in [2.24, 2.45) is 0 Å². The van der Waals surface area contributed by atoms with Gasteiger partial charge in [-0.05, 0) is 48.4 Å². The highest BCUT2D eigenvalue weighted by Crippen LogP contribution is 2.46. The topological polar surface area (TPSA) is 29.5 Å². The highest BCUT2D eigenvalue weighted by molar-refractivity contribution is 6.30. The van der Waals surface area contributed by atoms with Crippen molar-refractivity contribution in [2.75, 3.05) is 11.5 Å². The smallest absolute Gasteiger partial charge is 0.258 e. The summed E-state index contributed by atoms with van der Waals surface area (Å²) in [5.74, 6) is 0.718. The number of aryl methyl sites for hydroxylation is 1. The second-order valence-electron chi connectivity index (χ2n) is 7.88. The maximum Gasteiger partial charge on any atom is 0.258 e. The molecule has 0 aliphatic carbocycles. The molecule has 0 saturated heterocycles. The second-order valence-corrected chi connectivity index (χ2v) is 8.32. The van der Waals surface area contributed by atoms with Gasteiger partial charge in [0.2, 0.25) is 0 Å². The molecule has 2 aliphatic rings. The van der Waals surface area contributed by atoms with Crippen LogP contribution in [0, 0.1) is 6.92 Å². The molecule has 3 aromatic rings. The molecule has 0 bridgehead atoms. The maximum absolute atomic E-state index is 13.7. The minimum atomic E-state index is -0.300. The molecule has 0 aromatic heterocycles. The van der Waals surface area contributed by atoms with E-state index in [4.69, 9.17) is 16.3 Å². The zero-order valence-electron chi connectivity index (χ0n) is 17.2. The van der Waals surface area contributed by atoms with Crippen molar-refractivity contribution in [3.63, 3.8) is 0 Å². The van der Waals surface area contributed by atoms with Crippen LogP contribution in [0.1, 0.15) is 29.2 Å². The summed E-state index contributed by atoms with van der Waals surface area (Å²) in [6, 6.07) is 25.7. The molecule has 4 heteroatoms. The van der Waals surface area contributed by atoms with E-state index in [9.17, 15) is 4.79 Å². The lowest BCUT2D eigenvalue weighted by atomic mass is 9.87. The summed E-state index contributed by atoms with van der Waals surface area (Å²) in [4.78, 5) is 15.5. The monoisotopic (exact) mass is 427 g/mol. The summed E-state index contributed by atoms with van der Waals surface area (Å²) < 4.78 is 6.03. The zero-order valence-corrected chi connectivity index (χ0v) is 18.0. The summed E-state index contributed by atoms with van der Waals surface area (Å²) in [7, 11) is 0. The first-order chi connectivity index (χ1) is 15.1. The Morgan fingerprint density at radius 1 is 0.968 bits per heavy atom. The number of carbonyl (C=O) groups excluding carboxylic acids is 1. The van der Waals surface area contributed by atoms with Crippen LogP contribution < -0.4 is 4.90 Å². The number of hydrogen-bond acceptors (Lipinski definition) is 2. The van der Waals surface area contributed by atoms with Crippen LogP contribution in [-0.2, 0) is 9.53 Å². The van der Waals surface area contributed by atoms with Crippen molar-refractivity contribution in [2.45, 2.75) is 19.4 Å². The Labute approximate surface area is 187 Å². The number of anilines is 1. The summed E-state index contributed by atoms with van der Waals surface area (Å²) in [5, 5.41) is 0.643. The fraction of sp³-hybridized carbons (Fsp3) is 0.148. The summed E-state index contributed by atoms with van der Waals surface area (Å²) >= 11 is 6.14. The first-order valence-electron chi connectivity index (χ1n) is 10.4. The van der Waals surface area contributed by atoms with Crippen LogP contribution in [0.25, 0.3) is 6.08 Å². The number of halogens is 1. The minimum Gasteiger partial charge on any atom is -0.492 e. The van der Waals surface area contributed by atoms with Crippen LogP contribution in [0.4, 0.5) is 5.69 Å². The molecular formula is C27H22ClNO2. The normalized spacial score (nSPS) is 19.5. The number of benzene rings is 3. The number of rotatable bonds is 3. The molecule has 2 aliphatic heterocycles. The predicted molar refractivity (Wildman–Crippen MR) is 125 cm³/mol. The van der Waals surface area contributed by atoms with Crippen molar-refractivity contribution in [1.82, 2.24) is 0 Å². The van der Waals surface area contributed by atoms with E-state index in [1.54, 1.807) is 0 Å². The number of ether oxygens (including phenoxy) is 1. The standard InChI is InChI=1S/C27H22ClNO2/c1-18-7-9-20(10-8-18)25-24(17-19-5-3-2-4-6-19)26-23(15-16-31-26)27(30)29(25)22-13-11-21(28)12-14-22/h2-14,17,25H,15-16H2,1H3/b24-17-. The quantitative estimate of drug-likeness (QED) is 0.477. The van der Waals surface area contributed by atoms with Gasteiger partial charge in [-0.3, -0.25) is 9.69 Å². The SMILES string of the molecule is Cc1ccc(C2/C(=C/c3ccccc3)C3=C(CCO3)C(=O)N2c2ccc(Cl)cc2)cc1. The average molecular weight is 428 g/mol. The lowest BCUT2D eigenvalue weighted by Crippen LogP contribution is -2.40. The van der Waals surface area contributed by atoms with E-state index in [-0.39, 0.29) is 11.9 Å². The maximum atomic E-state index is 13.7. The Balaban J connectivity index is 1.75. The van der Waals surface area contributed by atoms with E-state index in [0.29, 0.717) is 18.1 Å². The third kappa shape index (κ3) is 3.66. The van der Waals surface area contributed by atoms with Gasteiger partial charge < -0.3 is 4.74 Å². The Kier molecular flexibility index (Phi) is 5.13. The van der Waals surface area contributed by atoms with Gasteiger partial charge in [0.05, 0.1) is 18.2 Å². The molecule has 1 amide bonds. The summed E-state index contributed by atoms with van der Waals surface area (Å²) in [5.41, 5.74) is 5.84. The van der Waals surface area contributed by atoms with E-state index in [1.807, 2.05) is 47.4 Å². The second kappa shape index (κ2) is 8.09. The largest absolute Gasteiger partial charge is 0.492 e. The van der Waals surface area contributed by atoms with Gasteiger partial charge in [-0.1, -0.05) is 71.8 Å². The van der Waals surface area contributed by atoms with Crippen molar-refractivity contribution >= 4 is 29.3 Å². The molecular weight excluding hydrogens is 406 g/mol. The molecule has 2 heterocycles. The third-order valence-corrected chi connectivity index (χ3v) is 6.04. The van der Waals surface area contributed by atoms with Crippen molar-refractivity contribution in [3.8, 4) is 0 Å². The number of nitrogens with zero attached hydrogens (tertiary/aromatic N) is 1. The van der Waals surface area contributed by atoms with Gasteiger partial charge in [0.1, 0.15) is 5.76 Å². The molecule has 3 nitrogen and oxygen atoms in total. The van der Waals surface area contributed by atoms with Crippen molar-refractivity contribution in [1.29, 1.82) is 0 Å². The minimum absolute atomic E-state index is 0.00870. The lowest BCUT2D eigenvalue weighted by molar-refractivity contribution is -0.115. The van der Waals surface area contributed by atoms with Crippen LogP contribution in [-0.4, -0.2) is 12.5 Å². The molecule has 0 spiro atoms. The molecule has 0 N–H and O–H groups in total. The molecule has 3 aromatic carbocycles. The van der Waals surface area contributed by atoms with Crippen LogP contribution in [0.5, 0.6) is 0 Å². The Hall–Kier alpha value is -3.30. The Morgan fingerprint density at radius 3 is 2.39 bits per heavy atom. The van der Waals surface area contributed by atoms with Gasteiger partial charge in [0, 0.05) is 22.7 Å². The fourth-order valence-corrected chi connectivity index (χ4v) is 4.39. The van der Waals surface area contributed by atoms with E-state index in [1.165, 1.54) is 5.56 Å². The van der Waals surface area contributed by atoms with E-state index < -0.39 is 0 Å². The van der Waals surface area contributed by atoms with Crippen LogP contribution in [0.3, 0.4) is 0 Å². The van der Waals surface area contributed by atoms with Crippen molar-refractivity contribution < 1.29 is 9.53 Å². The van der Waals surface area contributed by atoms with Crippen LogP contribution >= 0.6 is 11.6 Å². The average Bonchev–Trinajstić information content (AvgIpc) is 3.28.